The molecule has 0 atom stereocenters. The standard InChI is InChI=1S/C3H6O3.CH2O/c1-4-2-6-3-5-1;1-2/h1-3H2;1H2/p+1. The second kappa shape index (κ2) is 6.55. The van der Waals surface area contributed by atoms with Gasteiger partial charge in [-0.25, -0.2) is 0 Å². The second-order valence-corrected chi connectivity index (χ2v) is 0.966. The van der Waals surface area contributed by atoms with E-state index in [1.165, 1.54) is 0 Å². The van der Waals surface area contributed by atoms with Gasteiger partial charge in [0.2, 0.25) is 0 Å². The van der Waals surface area contributed by atoms with Crippen LogP contribution in [0.1, 0.15) is 1.43 Å². The Bertz CT molecular complexity index is 36.3. The molecule has 8 heavy (non-hydrogen) atoms. The molecule has 0 N–H and O–H groups in total. The number of ether oxygens (including phenoxy) is 3. The number of hydrogen-bond acceptors (Lipinski definition) is 4. The van der Waals surface area contributed by atoms with E-state index in [1.807, 2.05) is 6.79 Å². The summed E-state index contributed by atoms with van der Waals surface area (Å²) in [5.74, 6) is 0. The van der Waals surface area contributed by atoms with E-state index >= 15 is 0 Å². The highest BCUT2D eigenvalue weighted by Gasteiger charge is 1.93. The van der Waals surface area contributed by atoms with Gasteiger partial charge >= 0.3 is 1.43 Å². The van der Waals surface area contributed by atoms with Crippen LogP contribution in [0.5, 0.6) is 0 Å². The smallest absolute Gasteiger partial charge is 0.329 e. The molecule has 0 amide bonds. The lowest BCUT2D eigenvalue weighted by atomic mass is 11.2. The third-order valence-electron chi connectivity index (χ3n) is 0.500. The molecule has 1 saturated heterocycles. The Morgan fingerprint density at radius 3 is 1.38 bits per heavy atom. The van der Waals surface area contributed by atoms with Crippen LogP contribution in [0.15, 0.2) is 0 Å². The lowest BCUT2D eigenvalue weighted by Crippen LogP contribution is -2.14. The number of hydrogen-bond donors (Lipinski definition) is 0. The second-order valence-electron chi connectivity index (χ2n) is 0.966. The predicted molar refractivity (Wildman–Crippen MR) is 26.1 cm³/mol. The van der Waals surface area contributed by atoms with Crippen LogP contribution < -0.4 is 0 Å². The van der Waals surface area contributed by atoms with Crippen molar-refractivity contribution in [1.82, 2.24) is 0 Å². The predicted octanol–water partition coefficient (Wildman–Crippen LogP) is -0.150. The fraction of sp³-hybridized carbons (Fsp3) is 0.750. The van der Waals surface area contributed by atoms with Crippen LogP contribution in [-0.4, -0.2) is 27.2 Å². The summed E-state index contributed by atoms with van der Waals surface area (Å²) in [6.45, 7) is 3.12. The highest BCUT2D eigenvalue weighted by Crippen LogP contribution is 1.87. The maximum Gasteiger partial charge on any atom is 1.00 e. The zero-order valence-corrected chi connectivity index (χ0v) is 4.46. The molecule has 0 radical (unpaired) electrons. The van der Waals surface area contributed by atoms with Crippen molar-refractivity contribution in [1.29, 1.82) is 0 Å². The van der Waals surface area contributed by atoms with Gasteiger partial charge in [-0.1, -0.05) is 0 Å². The fourth-order valence-corrected chi connectivity index (χ4v) is 0.279. The molecule has 1 aliphatic rings. The monoisotopic (exact) mass is 121 g/mol. The molecule has 0 aliphatic carbocycles. The minimum Gasteiger partial charge on any atom is -0.329 e. The van der Waals surface area contributed by atoms with Crippen LogP contribution in [0, 0.1) is 0 Å². The van der Waals surface area contributed by atoms with E-state index < -0.39 is 0 Å². The summed E-state index contributed by atoms with van der Waals surface area (Å²) in [6.07, 6.45) is 0. The molecule has 0 saturated carbocycles. The van der Waals surface area contributed by atoms with Gasteiger partial charge in [0, 0.05) is 0 Å². The molecule has 0 bridgehead atoms. The van der Waals surface area contributed by atoms with Crippen LogP contribution in [-0.2, 0) is 19.0 Å². The first-order valence-electron chi connectivity index (χ1n) is 2.02. The number of carbonyl (C=O) groups is 1. The minimum atomic E-state index is 0. The largest absolute Gasteiger partial charge is 1.00 e. The molecule has 0 aromatic carbocycles. The lowest BCUT2D eigenvalue weighted by Gasteiger charge is -2.10. The van der Waals surface area contributed by atoms with Crippen molar-refractivity contribution in [3.05, 3.63) is 0 Å². The Hall–Kier alpha value is -0.450. The van der Waals surface area contributed by atoms with Crippen LogP contribution in [0.2, 0.25) is 0 Å². The average Bonchev–Trinajstić information content (AvgIpc) is 1.96. The van der Waals surface area contributed by atoms with Crippen LogP contribution in [0.4, 0.5) is 0 Å². The molecule has 1 rings (SSSR count). The molecule has 4 heteroatoms. The average molecular weight is 121 g/mol. The van der Waals surface area contributed by atoms with Gasteiger partial charge in [-0.15, -0.1) is 0 Å². The molecule has 4 nitrogen and oxygen atoms in total. The molecular weight excluding hydrogens is 112 g/mol. The molecule has 48 valence electrons. The minimum absolute atomic E-state index is 0. The van der Waals surface area contributed by atoms with Gasteiger partial charge in [-0.2, -0.15) is 0 Å². The number of carbonyl (C=O) groups excluding carboxylic acids is 1. The van der Waals surface area contributed by atoms with Gasteiger partial charge < -0.3 is 19.0 Å². The van der Waals surface area contributed by atoms with E-state index in [9.17, 15) is 0 Å². The molecule has 0 aromatic heterocycles. The summed E-state index contributed by atoms with van der Waals surface area (Å²) in [5.41, 5.74) is 0. The summed E-state index contributed by atoms with van der Waals surface area (Å²) in [4.78, 5) is 8.00. The quantitative estimate of drug-likeness (QED) is 0.447. The van der Waals surface area contributed by atoms with Gasteiger partial charge in [0.25, 0.3) is 0 Å². The van der Waals surface area contributed by atoms with E-state index in [-0.39, 0.29) is 1.43 Å². The Kier molecular flexibility index (Phi) is 6.18. The lowest BCUT2D eigenvalue weighted by molar-refractivity contribution is -0.247. The molecule has 0 aromatic rings. The Morgan fingerprint density at radius 2 is 1.25 bits per heavy atom. The summed E-state index contributed by atoms with van der Waals surface area (Å²) in [7, 11) is 0. The van der Waals surface area contributed by atoms with Crippen molar-refractivity contribution in [2.24, 2.45) is 0 Å². The summed E-state index contributed by atoms with van der Waals surface area (Å²) in [5, 5.41) is 0. The summed E-state index contributed by atoms with van der Waals surface area (Å²) in [6, 6.07) is 0. The van der Waals surface area contributed by atoms with E-state index in [0.29, 0.717) is 20.4 Å². The molecular formula is C4H9O4+. The maximum absolute atomic E-state index is 8.00. The normalized spacial score (nSPS) is 18.5. The third kappa shape index (κ3) is 3.73. The van der Waals surface area contributed by atoms with E-state index in [2.05, 4.69) is 14.2 Å². The van der Waals surface area contributed by atoms with Crippen LogP contribution >= 0.6 is 0 Å². The zero-order chi connectivity index (χ0) is 6.24. The van der Waals surface area contributed by atoms with Crippen molar-refractivity contribution < 1.29 is 20.4 Å². The Labute approximate surface area is 48.8 Å². The van der Waals surface area contributed by atoms with Gasteiger partial charge in [-0.3, -0.25) is 0 Å². The van der Waals surface area contributed by atoms with Crippen LogP contribution in [0.3, 0.4) is 0 Å². The van der Waals surface area contributed by atoms with Crippen molar-refractivity contribution in [3.8, 4) is 0 Å². The first-order valence-corrected chi connectivity index (χ1v) is 2.02. The van der Waals surface area contributed by atoms with Gasteiger partial charge in [0.15, 0.2) is 20.4 Å². The highest BCUT2D eigenvalue weighted by molar-refractivity contribution is 5.10. The first-order chi connectivity index (χ1) is 4.00. The summed E-state index contributed by atoms with van der Waals surface area (Å²) >= 11 is 0. The SMILES string of the molecule is C1OCOCO1.C=O.[H+]. The van der Waals surface area contributed by atoms with E-state index in [4.69, 9.17) is 4.79 Å². The molecule has 1 fully saturated rings. The van der Waals surface area contributed by atoms with Crippen molar-refractivity contribution in [3.63, 3.8) is 0 Å². The van der Waals surface area contributed by atoms with E-state index in [0.717, 1.165) is 0 Å². The topological polar surface area (TPSA) is 44.8 Å². The Balaban J connectivity index is 0. The van der Waals surface area contributed by atoms with Gasteiger partial charge in [0.05, 0.1) is 0 Å². The summed E-state index contributed by atoms with van der Waals surface area (Å²) < 4.78 is 13.9. The first kappa shape index (κ1) is 7.55. The third-order valence-corrected chi connectivity index (χ3v) is 0.500. The van der Waals surface area contributed by atoms with Crippen molar-refractivity contribution in [2.75, 3.05) is 20.4 Å². The Morgan fingerprint density at radius 1 is 1.00 bits per heavy atom. The molecule has 0 unspecified atom stereocenters. The maximum atomic E-state index is 8.00. The fourth-order valence-electron chi connectivity index (χ4n) is 0.279. The van der Waals surface area contributed by atoms with Gasteiger partial charge in [0.1, 0.15) is 6.79 Å². The highest BCUT2D eigenvalue weighted by atomic mass is 16.8. The van der Waals surface area contributed by atoms with Crippen molar-refractivity contribution >= 4 is 6.79 Å². The van der Waals surface area contributed by atoms with E-state index in [1.54, 1.807) is 0 Å². The number of rotatable bonds is 0. The van der Waals surface area contributed by atoms with Crippen LogP contribution in [0.25, 0.3) is 0 Å². The molecule has 1 aliphatic heterocycles. The van der Waals surface area contributed by atoms with Gasteiger partial charge in [-0.05, 0) is 0 Å². The zero-order valence-electron chi connectivity index (χ0n) is 5.46. The molecule has 1 heterocycles. The molecule has 0 spiro atoms. The van der Waals surface area contributed by atoms with Crippen molar-refractivity contribution in [2.45, 2.75) is 0 Å².